The Morgan fingerprint density at radius 3 is 2.88 bits per heavy atom. The molecular formula is C16H12N6O3S. The number of aromatic amines is 1. The van der Waals surface area contributed by atoms with Gasteiger partial charge in [0.15, 0.2) is 0 Å². The van der Waals surface area contributed by atoms with Crippen LogP contribution in [-0.2, 0) is 4.79 Å². The van der Waals surface area contributed by atoms with Gasteiger partial charge in [-0.05, 0) is 16.8 Å². The van der Waals surface area contributed by atoms with Gasteiger partial charge in [0, 0.05) is 5.56 Å². The smallest absolute Gasteiger partial charge is 0.362 e. The Morgan fingerprint density at radius 1 is 1.19 bits per heavy atom. The van der Waals surface area contributed by atoms with Gasteiger partial charge in [-0.1, -0.05) is 48.2 Å². The van der Waals surface area contributed by atoms with Gasteiger partial charge in [-0.3, -0.25) is 10.2 Å². The highest BCUT2D eigenvalue weighted by Crippen LogP contribution is 2.29. The highest BCUT2D eigenvalue weighted by Gasteiger charge is 2.13. The van der Waals surface area contributed by atoms with E-state index in [1.54, 1.807) is 0 Å². The van der Waals surface area contributed by atoms with Crippen molar-refractivity contribution >= 4 is 28.4 Å². The summed E-state index contributed by atoms with van der Waals surface area (Å²) in [7, 11) is 0. The Morgan fingerprint density at radius 2 is 2.04 bits per heavy atom. The zero-order chi connectivity index (χ0) is 17.9. The molecule has 130 valence electrons. The van der Waals surface area contributed by atoms with Crippen LogP contribution in [0.15, 0.2) is 63.2 Å². The van der Waals surface area contributed by atoms with Crippen LogP contribution in [0.2, 0.25) is 0 Å². The number of nitrogens with zero attached hydrogens (tertiary/aromatic N) is 4. The quantitative estimate of drug-likeness (QED) is 0.514. The molecule has 26 heavy (non-hydrogen) atoms. The van der Waals surface area contributed by atoms with E-state index >= 15 is 0 Å². The number of rotatable bonds is 5. The number of aromatic nitrogens is 5. The van der Waals surface area contributed by atoms with Gasteiger partial charge in [-0.25, -0.2) is 9.89 Å². The molecule has 0 aliphatic rings. The molecule has 0 spiro atoms. The lowest BCUT2D eigenvalue weighted by Crippen LogP contribution is -2.31. The third-order valence-corrected chi connectivity index (χ3v) is 4.37. The van der Waals surface area contributed by atoms with Crippen molar-refractivity contribution in [2.24, 2.45) is 0 Å². The molecule has 4 rings (SSSR count). The maximum Gasteiger partial charge on any atom is 0.362 e. The summed E-state index contributed by atoms with van der Waals surface area (Å²) >= 11 is 1.08. The average Bonchev–Trinajstić information content (AvgIpc) is 3.29. The lowest BCUT2D eigenvalue weighted by molar-refractivity contribution is -0.114. The summed E-state index contributed by atoms with van der Waals surface area (Å²) in [4.78, 5) is 23.1. The molecule has 10 heteroatoms. The maximum atomic E-state index is 11.9. The van der Waals surface area contributed by atoms with E-state index in [9.17, 15) is 9.59 Å². The Hall–Kier alpha value is -3.40. The minimum Gasteiger partial charge on any atom is -0.411 e. The summed E-state index contributed by atoms with van der Waals surface area (Å²) in [5.41, 5.74) is 2.69. The summed E-state index contributed by atoms with van der Waals surface area (Å²) in [5, 5.41) is 16.1. The van der Waals surface area contributed by atoms with Crippen LogP contribution < -0.4 is 11.1 Å². The number of carbonyl (C=O) groups is 1. The molecule has 0 saturated heterocycles. The molecule has 0 fully saturated rings. The highest BCUT2D eigenvalue weighted by atomic mass is 32.2. The van der Waals surface area contributed by atoms with Crippen LogP contribution in [0, 0.1) is 0 Å². The van der Waals surface area contributed by atoms with E-state index < -0.39 is 11.6 Å². The molecule has 2 N–H and O–H groups in total. The van der Waals surface area contributed by atoms with Gasteiger partial charge in [0.2, 0.25) is 11.8 Å². The van der Waals surface area contributed by atoms with Gasteiger partial charge in [0.05, 0.1) is 5.75 Å². The molecule has 0 radical (unpaired) electrons. The van der Waals surface area contributed by atoms with Gasteiger partial charge in [-0.15, -0.1) is 10.2 Å². The number of thioether (sulfide) groups is 1. The SMILES string of the molecule is O=C(CSc1nnc(-c2cccc3ccccc23)o1)Nn1cn[nH]c1=O. The van der Waals surface area contributed by atoms with Crippen LogP contribution in [-0.4, -0.2) is 36.7 Å². The lowest BCUT2D eigenvalue weighted by Gasteiger charge is -2.02. The van der Waals surface area contributed by atoms with Crippen LogP contribution >= 0.6 is 11.8 Å². The predicted molar refractivity (Wildman–Crippen MR) is 95.2 cm³/mol. The summed E-state index contributed by atoms with van der Waals surface area (Å²) < 4.78 is 6.62. The first-order chi connectivity index (χ1) is 12.7. The van der Waals surface area contributed by atoms with Gasteiger partial charge in [0.1, 0.15) is 6.33 Å². The Balaban J connectivity index is 1.47. The molecule has 0 unspecified atom stereocenters. The summed E-state index contributed by atoms with van der Waals surface area (Å²) in [6.07, 6.45) is 1.18. The topological polar surface area (TPSA) is 119 Å². The van der Waals surface area contributed by atoms with Crippen molar-refractivity contribution in [2.75, 3.05) is 11.2 Å². The van der Waals surface area contributed by atoms with Gasteiger partial charge < -0.3 is 4.42 Å². The molecule has 2 heterocycles. The number of nitrogens with one attached hydrogen (secondary N) is 2. The van der Waals surface area contributed by atoms with E-state index in [4.69, 9.17) is 4.42 Å². The fraction of sp³-hybridized carbons (Fsp3) is 0.0625. The van der Waals surface area contributed by atoms with E-state index in [0.717, 1.165) is 32.8 Å². The van der Waals surface area contributed by atoms with Crippen molar-refractivity contribution in [2.45, 2.75) is 5.22 Å². The third-order valence-electron chi connectivity index (χ3n) is 3.55. The number of benzene rings is 2. The molecule has 0 aliphatic carbocycles. The molecule has 1 amide bonds. The number of carbonyl (C=O) groups excluding carboxylic acids is 1. The van der Waals surface area contributed by atoms with Crippen molar-refractivity contribution in [1.82, 2.24) is 25.1 Å². The van der Waals surface area contributed by atoms with Gasteiger partial charge in [0.25, 0.3) is 5.22 Å². The first-order valence-electron chi connectivity index (χ1n) is 7.57. The van der Waals surface area contributed by atoms with E-state index in [1.807, 2.05) is 42.5 Å². The minimum atomic E-state index is -0.528. The van der Waals surface area contributed by atoms with Crippen molar-refractivity contribution in [3.8, 4) is 11.5 Å². The van der Waals surface area contributed by atoms with Gasteiger partial charge >= 0.3 is 5.69 Å². The first kappa shape index (κ1) is 16.1. The number of H-pyrrole nitrogens is 1. The largest absolute Gasteiger partial charge is 0.411 e. The van der Waals surface area contributed by atoms with E-state index in [2.05, 4.69) is 25.8 Å². The van der Waals surface area contributed by atoms with Crippen molar-refractivity contribution in [3.05, 3.63) is 59.3 Å². The number of fused-ring (bicyclic) bond motifs is 1. The third kappa shape index (κ3) is 3.22. The molecule has 0 bridgehead atoms. The van der Waals surface area contributed by atoms with Gasteiger partial charge in [-0.2, -0.15) is 9.77 Å². The molecule has 0 aliphatic heterocycles. The second kappa shape index (κ2) is 6.84. The number of hydrogen-bond acceptors (Lipinski definition) is 7. The predicted octanol–water partition coefficient (Wildman–Crippen LogP) is 1.64. The summed E-state index contributed by atoms with van der Waals surface area (Å²) in [6, 6.07) is 13.7. The van der Waals surface area contributed by atoms with E-state index in [0.29, 0.717) is 5.89 Å². The number of amides is 1. The lowest BCUT2D eigenvalue weighted by atomic mass is 10.0. The fourth-order valence-corrected chi connectivity index (χ4v) is 2.97. The minimum absolute atomic E-state index is 0.00872. The standard InChI is InChI=1S/C16H12N6O3S/c23-13(21-22-9-17-19-15(22)24)8-26-16-20-18-14(25-16)12-7-3-5-10-4-1-2-6-11(10)12/h1-7,9H,8H2,(H,19,24)(H,21,23). The molecule has 9 nitrogen and oxygen atoms in total. The Labute approximate surface area is 150 Å². The molecular weight excluding hydrogens is 356 g/mol. The normalized spacial score (nSPS) is 10.9. The molecule has 0 saturated carbocycles. The van der Waals surface area contributed by atoms with Crippen LogP contribution in [0.25, 0.3) is 22.2 Å². The monoisotopic (exact) mass is 368 g/mol. The highest BCUT2D eigenvalue weighted by molar-refractivity contribution is 7.99. The first-order valence-corrected chi connectivity index (χ1v) is 8.55. The summed E-state index contributed by atoms with van der Waals surface area (Å²) in [5.74, 6) is -0.00593. The van der Waals surface area contributed by atoms with E-state index in [-0.39, 0.29) is 11.0 Å². The molecule has 2 aromatic carbocycles. The second-order valence-corrected chi connectivity index (χ2v) is 6.18. The Bertz CT molecular complexity index is 1130. The Kier molecular flexibility index (Phi) is 4.23. The number of hydrogen-bond donors (Lipinski definition) is 2. The van der Waals surface area contributed by atoms with Crippen molar-refractivity contribution in [3.63, 3.8) is 0 Å². The van der Waals surface area contributed by atoms with Crippen molar-refractivity contribution in [1.29, 1.82) is 0 Å². The van der Waals surface area contributed by atoms with E-state index in [1.165, 1.54) is 6.33 Å². The maximum absolute atomic E-state index is 11.9. The fourth-order valence-electron chi connectivity index (χ4n) is 2.41. The molecule has 0 atom stereocenters. The van der Waals surface area contributed by atoms with Crippen LogP contribution in [0.3, 0.4) is 0 Å². The second-order valence-electron chi connectivity index (χ2n) is 5.26. The molecule has 4 aromatic rings. The van der Waals surface area contributed by atoms with Crippen molar-refractivity contribution < 1.29 is 9.21 Å². The van der Waals surface area contributed by atoms with Crippen LogP contribution in [0.5, 0.6) is 0 Å². The van der Waals surface area contributed by atoms with Crippen LogP contribution in [0.4, 0.5) is 0 Å². The summed E-state index contributed by atoms with van der Waals surface area (Å²) in [6.45, 7) is 0. The average molecular weight is 368 g/mol. The zero-order valence-corrected chi connectivity index (χ0v) is 14.1. The van der Waals surface area contributed by atoms with Crippen LogP contribution in [0.1, 0.15) is 0 Å². The molecule has 2 aromatic heterocycles. The zero-order valence-electron chi connectivity index (χ0n) is 13.2.